The average Bonchev–Trinajstić information content (AvgIpc) is 3.39. The van der Waals surface area contributed by atoms with Crippen LogP contribution in [0.25, 0.3) is 0 Å². The molecule has 0 N–H and O–H groups in total. The third-order valence-electron chi connectivity index (χ3n) is 7.26. The van der Waals surface area contributed by atoms with Gasteiger partial charge in [-0.15, -0.1) is 11.3 Å². The summed E-state index contributed by atoms with van der Waals surface area (Å²) in [5.74, 6) is 1.58. The van der Waals surface area contributed by atoms with E-state index in [9.17, 15) is 9.59 Å². The summed E-state index contributed by atoms with van der Waals surface area (Å²) in [6.07, 6.45) is 1.68. The zero-order valence-corrected chi connectivity index (χ0v) is 24.1. The first kappa shape index (κ1) is 27.9. The number of hydrogen-bond acceptors (Lipinski definition) is 4. The van der Waals surface area contributed by atoms with Gasteiger partial charge in [-0.3, -0.25) is 9.59 Å². The highest BCUT2D eigenvalue weighted by atomic mass is 32.1. The lowest BCUT2D eigenvalue weighted by Crippen LogP contribution is -2.48. The number of fused-ring (bicyclic) bond motifs is 1. The molecule has 5 nitrogen and oxygen atoms in total. The van der Waals surface area contributed by atoms with Crippen molar-refractivity contribution >= 4 is 23.2 Å². The Hall–Kier alpha value is -3.12. The molecule has 0 saturated carbocycles. The minimum Gasteiger partial charge on any atom is -0.491 e. The Morgan fingerprint density at radius 1 is 1.03 bits per heavy atom. The number of aryl methyl sites for hydroxylation is 1. The molecule has 1 aromatic heterocycles. The maximum absolute atomic E-state index is 13.8. The molecule has 3 aromatic rings. The SMILES string of the molecule is Cc1ccc(C(=O)N(CCC(C)C)CC(=O)N2CCc3sccc3[C@@H]2COc2ccc(C(C)C)cc2)cc1. The zero-order valence-electron chi connectivity index (χ0n) is 23.3. The number of thiophene rings is 1. The number of amides is 2. The van der Waals surface area contributed by atoms with Gasteiger partial charge in [0.15, 0.2) is 0 Å². The summed E-state index contributed by atoms with van der Waals surface area (Å²) in [6.45, 7) is 12.3. The average molecular weight is 533 g/mol. The molecule has 0 bridgehead atoms. The highest BCUT2D eigenvalue weighted by Gasteiger charge is 2.33. The van der Waals surface area contributed by atoms with Crippen molar-refractivity contribution in [3.63, 3.8) is 0 Å². The van der Waals surface area contributed by atoms with Crippen molar-refractivity contribution in [2.24, 2.45) is 5.92 Å². The van der Waals surface area contributed by atoms with Crippen LogP contribution >= 0.6 is 11.3 Å². The number of nitrogens with zero attached hydrogens (tertiary/aromatic N) is 2. The van der Waals surface area contributed by atoms with Gasteiger partial charge in [0.1, 0.15) is 18.9 Å². The van der Waals surface area contributed by atoms with E-state index in [-0.39, 0.29) is 24.4 Å². The first-order valence-electron chi connectivity index (χ1n) is 13.7. The van der Waals surface area contributed by atoms with Crippen molar-refractivity contribution in [1.29, 1.82) is 0 Å². The van der Waals surface area contributed by atoms with E-state index in [1.807, 2.05) is 48.2 Å². The van der Waals surface area contributed by atoms with E-state index in [1.54, 1.807) is 16.2 Å². The Bertz CT molecular complexity index is 1210. The molecular weight excluding hydrogens is 492 g/mol. The number of rotatable bonds is 10. The first-order valence-corrected chi connectivity index (χ1v) is 14.5. The third-order valence-corrected chi connectivity index (χ3v) is 8.25. The normalized spacial score (nSPS) is 15.0. The molecule has 0 saturated heterocycles. The van der Waals surface area contributed by atoms with Crippen molar-refractivity contribution in [1.82, 2.24) is 9.80 Å². The molecule has 0 radical (unpaired) electrons. The summed E-state index contributed by atoms with van der Waals surface area (Å²) < 4.78 is 6.23. The maximum atomic E-state index is 13.8. The van der Waals surface area contributed by atoms with Crippen molar-refractivity contribution in [2.45, 2.75) is 59.4 Å². The molecule has 0 unspecified atom stereocenters. The second-order valence-electron chi connectivity index (χ2n) is 11.0. The van der Waals surface area contributed by atoms with Gasteiger partial charge in [0, 0.05) is 23.5 Å². The second kappa shape index (κ2) is 12.6. The molecule has 2 amide bonds. The fourth-order valence-electron chi connectivity index (χ4n) is 4.80. The molecule has 0 fully saturated rings. The predicted octanol–water partition coefficient (Wildman–Crippen LogP) is 6.87. The van der Waals surface area contributed by atoms with Crippen LogP contribution in [0, 0.1) is 12.8 Å². The van der Waals surface area contributed by atoms with Crippen LogP contribution in [0.15, 0.2) is 60.0 Å². The Morgan fingerprint density at radius 3 is 2.39 bits per heavy atom. The lowest BCUT2D eigenvalue weighted by atomic mass is 10.00. The Balaban J connectivity index is 1.51. The van der Waals surface area contributed by atoms with Gasteiger partial charge in [0.2, 0.25) is 5.91 Å². The molecule has 1 aliphatic rings. The number of carbonyl (C=O) groups is 2. The standard InChI is InChI=1S/C32H40N2O3S/c1-22(2)14-17-33(32(36)26-8-6-24(5)7-9-26)20-31(35)34-18-15-30-28(16-19-38-30)29(34)21-37-27-12-10-25(11-13-27)23(3)4/h6-13,16,19,22-23,29H,14-15,17-18,20-21H2,1-5H3/t29-/m0/s1. The molecule has 0 spiro atoms. The van der Waals surface area contributed by atoms with Crippen LogP contribution in [0.4, 0.5) is 0 Å². The summed E-state index contributed by atoms with van der Waals surface area (Å²) in [7, 11) is 0. The molecule has 0 aliphatic carbocycles. The lowest BCUT2D eigenvalue weighted by molar-refractivity contribution is -0.135. The Labute approximate surface area is 231 Å². The minimum atomic E-state index is -0.177. The van der Waals surface area contributed by atoms with E-state index < -0.39 is 0 Å². The van der Waals surface area contributed by atoms with Gasteiger partial charge >= 0.3 is 0 Å². The number of benzene rings is 2. The summed E-state index contributed by atoms with van der Waals surface area (Å²) in [5.41, 5.74) is 4.15. The Morgan fingerprint density at radius 2 is 1.74 bits per heavy atom. The number of hydrogen-bond donors (Lipinski definition) is 0. The largest absolute Gasteiger partial charge is 0.491 e. The molecule has 6 heteroatoms. The van der Waals surface area contributed by atoms with Gasteiger partial charge in [-0.25, -0.2) is 0 Å². The topological polar surface area (TPSA) is 49.9 Å². The zero-order chi connectivity index (χ0) is 27.2. The van der Waals surface area contributed by atoms with Gasteiger partial charge < -0.3 is 14.5 Å². The van der Waals surface area contributed by atoms with Crippen molar-refractivity contribution < 1.29 is 14.3 Å². The lowest BCUT2D eigenvalue weighted by Gasteiger charge is -2.37. The molecule has 2 heterocycles. The summed E-state index contributed by atoms with van der Waals surface area (Å²) in [6, 6.07) is 17.7. The third kappa shape index (κ3) is 6.84. The summed E-state index contributed by atoms with van der Waals surface area (Å²) in [5, 5.41) is 2.10. The van der Waals surface area contributed by atoms with Gasteiger partial charge in [0.05, 0.1) is 6.04 Å². The van der Waals surface area contributed by atoms with Crippen LogP contribution in [-0.2, 0) is 11.2 Å². The highest BCUT2D eigenvalue weighted by Crippen LogP contribution is 2.34. The molecule has 1 aliphatic heterocycles. The van der Waals surface area contributed by atoms with Gasteiger partial charge in [-0.1, -0.05) is 57.5 Å². The fourth-order valence-corrected chi connectivity index (χ4v) is 5.73. The first-order chi connectivity index (χ1) is 18.2. The summed E-state index contributed by atoms with van der Waals surface area (Å²) in [4.78, 5) is 32.2. The van der Waals surface area contributed by atoms with Crippen LogP contribution < -0.4 is 4.74 Å². The van der Waals surface area contributed by atoms with Gasteiger partial charge in [-0.2, -0.15) is 0 Å². The van der Waals surface area contributed by atoms with Crippen LogP contribution in [0.2, 0.25) is 0 Å². The second-order valence-corrected chi connectivity index (χ2v) is 12.0. The highest BCUT2D eigenvalue weighted by molar-refractivity contribution is 7.10. The van der Waals surface area contributed by atoms with Crippen molar-refractivity contribution in [3.8, 4) is 5.75 Å². The fraction of sp³-hybridized carbons (Fsp3) is 0.438. The molecule has 1 atom stereocenters. The van der Waals surface area contributed by atoms with Gasteiger partial charge in [0.25, 0.3) is 5.91 Å². The summed E-state index contributed by atoms with van der Waals surface area (Å²) >= 11 is 1.74. The van der Waals surface area contributed by atoms with E-state index in [0.717, 1.165) is 29.7 Å². The van der Waals surface area contributed by atoms with E-state index in [0.29, 0.717) is 37.1 Å². The Kier molecular flexibility index (Phi) is 9.26. The van der Waals surface area contributed by atoms with Crippen molar-refractivity contribution in [3.05, 3.63) is 87.1 Å². The monoisotopic (exact) mass is 532 g/mol. The number of carbonyl (C=O) groups excluding carboxylic acids is 2. The van der Waals surface area contributed by atoms with Crippen LogP contribution in [0.5, 0.6) is 5.75 Å². The minimum absolute atomic E-state index is 0.0326. The quantitative estimate of drug-likeness (QED) is 0.286. The predicted molar refractivity (Wildman–Crippen MR) is 155 cm³/mol. The van der Waals surface area contributed by atoms with E-state index in [4.69, 9.17) is 4.74 Å². The molecule has 2 aromatic carbocycles. The van der Waals surface area contributed by atoms with Gasteiger partial charge in [-0.05, 0) is 78.4 Å². The maximum Gasteiger partial charge on any atom is 0.254 e. The smallest absolute Gasteiger partial charge is 0.254 e. The molecule has 38 heavy (non-hydrogen) atoms. The number of ether oxygens (including phenoxy) is 1. The van der Waals surface area contributed by atoms with Crippen LogP contribution in [-0.4, -0.2) is 47.9 Å². The van der Waals surface area contributed by atoms with Crippen LogP contribution in [0.3, 0.4) is 0 Å². The van der Waals surface area contributed by atoms with E-state index >= 15 is 0 Å². The molecular formula is C32H40N2O3S. The van der Waals surface area contributed by atoms with Crippen LogP contribution in [0.1, 0.15) is 78.0 Å². The molecule has 4 rings (SSSR count). The molecule has 202 valence electrons. The van der Waals surface area contributed by atoms with E-state index in [1.165, 1.54) is 10.4 Å². The van der Waals surface area contributed by atoms with E-state index in [2.05, 4.69) is 51.3 Å². The van der Waals surface area contributed by atoms with Crippen molar-refractivity contribution in [2.75, 3.05) is 26.2 Å².